The molecule has 0 aliphatic rings. The molecule has 0 fully saturated rings. The summed E-state index contributed by atoms with van der Waals surface area (Å²) < 4.78 is 5.13. The zero-order chi connectivity index (χ0) is 14.2. The van der Waals surface area contributed by atoms with Gasteiger partial charge in [-0.2, -0.15) is 0 Å². The van der Waals surface area contributed by atoms with Gasteiger partial charge in [-0.1, -0.05) is 38.1 Å². The van der Waals surface area contributed by atoms with E-state index in [4.69, 9.17) is 9.63 Å². The first-order valence-corrected chi connectivity index (χ1v) is 6.10. The van der Waals surface area contributed by atoms with Crippen LogP contribution in [0.15, 0.2) is 28.8 Å². The van der Waals surface area contributed by atoms with Gasteiger partial charge in [-0.3, -0.25) is 0 Å². The third-order valence-corrected chi connectivity index (χ3v) is 3.10. The number of carboxylic acids is 1. The topological polar surface area (TPSA) is 63.3 Å². The highest BCUT2D eigenvalue weighted by molar-refractivity contribution is 5.86. The number of benzene rings is 1. The molecule has 1 heterocycles. The quantitative estimate of drug-likeness (QED) is 0.894. The molecule has 0 unspecified atom stereocenters. The number of hydrogen-bond donors (Lipinski definition) is 1. The summed E-state index contributed by atoms with van der Waals surface area (Å²) in [4.78, 5) is 10.8. The van der Waals surface area contributed by atoms with Crippen LogP contribution in [0.25, 0.3) is 11.3 Å². The zero-order valence-corrected chi connectivity index (χ0v) is 11.5. The number of aryl methyl sites for hydroxylation is 1. The monoisotopic (exact) mass is 259 g/mol. The number of aromatic nitrogens is 1. The van der Waals surface area contributed by atoms with Gasteiger partial charge in [0, 0.05) is 11.6 Å². The van der Waals surface area contributed by atoms with Gasteiger partial charge in [-0.25, -0.2) is 4.79 Å². The second kappa shape index (κ2) is 4.53. The Balaban J connectivity index is 2.51. The molecule has 0 bridgehead atoms. The SMILES string of the molecule is Cc1ccc(C(C)(C)C)cc1-c1cc(C(=O)O)no1. The molecule has 0 amide bonds. The van der Waals surface area contributed by atoms with Crippen LogP contribution in [0.5, 0.6) is 0 Å². The summed E-state index contributed by atoms with van der Waals surface area (Å²) in [5.41, 5.74) is 3.03. The highest BCUT2D eigenvalue weighted by atomic mass is 16.5. The van der Waals surface area contributed by atoms with Gasteiger partial charge in [-0.05, 0) is 29.5 Å². The van der Waals surface area contributed by atoms with E-state index in [0.29, 0.717) is 5.76 Å². The standard InChI is InChI=1S/C15H17NO3/c1-9-5-6-10(15(2,3)4)7-11(9)13-8-12(14(17)18)16-19-13/h5-8H,1-4H3,(H,17,18). The maximum atomic E-state index is 10.8. The Morgan fingerprint density at radius 3 is 2.47 bits per heavy atom. The number of carbonyl (C=O) groups is 1. The van der Waals surface area contributed by atoms with Gasteiger partial charge in [0.25, 0.3) is 0 Å². The molecule has 2 rings (SSSR count). The molecule has 4 nitrogen and oxygen atoms in total. The van der Waals surface area contributed by atoms with Crippen LogP contribution in [0.1, 0.15) is 42.4 Å². The van der Waals surface area contributed by atoms with E-state index in [9.17, 15) is 4.79 Å². The third kappa shape index (κ3) is 2.67. The van der Waals surface area contributed by atoms with E-state index in [1.165, 1.54) is 11.6 Å². The molecule has 19 heavy (non-hydrogen) atoms. The van der Waals surface area contributed by atoms with Gasteiger partial charge in [-0.15, -0.1) is 0 Å². The van der Waals surface area contributed by atoms with Crippen LogP contribution in [-0.4, -0.2) is 16.2 Å². The Hall–Kier alpha value is -2.10. The molecule has 0 aliphatic carbocycles. The zero-order valence-electron chi connectivity index (χ0n) is 11.5. The summed E-state index contributed by atoms with van der Waals surface area (Å²) in [6.45, 7) is 8.35. The molecule has 1 aromatic heterocycles. The fourth-order valence-electron chi connectivity index (χ4n) is 1.86. The van der Waals surface area contributed by atoms with Crippen LogP contribution in [0.4, 0.5) is 0 Å². The van der Waals surface area contributed by atoms with E-state index in [1.54, 1.807) is 0 Å². The van der Waals surface area contributed by atoms with Crippen LogP contribution in [0, 0.1) is 6.92 Å². The number of hydrogen-bond acceptors (Lipinski definition) is 3. The lowest BCUT2D eigenvalue weighted by atomic mass is 9.85. The van der Waals surface area contributed by atoms with Gasteiger partial charge < -0.3 is 9.63 Å². The maximum absolute atomic E-state index is 10.8. The summed E-state index contributed by atoms with van der Waals surface area (Å²) in [6, 6.07) is 7.57. The molecule has 0 spiro atoms. The van der Waals surface area contributed by atoms with Crippen molar-refractivity contribution in [3.05, 3.63) is 41.1 Å². The predicted molar refractivity (Wildman–Crippen MR) is 72.3 cm³/mol. The van der Waals surface area contributed by atoms with Crippen LogP contribution in [-0.2, 0) is 5.41 Å². The third-order valence-electron chi connectivity index (χ3n) is 3.10. The minimum Gasteiger partial charge on any atom is -0.476 e. The van der Waals surface area contributed by atoms with Crippen molar-refractivity contribution < 1.29 is 14.4 Å². The van der Waals surface area contributed by atoms with Crippen LogP contribution >= 0.6 is 0 Å². The van der Waals surface area contributed by atoms with Gasteiger partial charge in [0.15, 0.2) is 11.5 Å². The molecule has 0 saturated carbocycles. The molecule has 0 aliphatic heterocycles. The fourth-order valence-corrected chi connectivity index (χ4v) is 1.86. The van der Waals surface area contributed by atoms with Crippen molar-refractivity contribution in [3.8, 4) is 11.3 Å². The first-order valence-electron chi connectivity index (χ1n) is 6.10. The van der Waals surface area contributed by atoms with Gasteiger partial charge in [0.05, 0.1) is 0 Å². The van der Waals surface area contributed by atoms with E-state index < -0.39 is 5.97 Å². The lowest BCUT2D eigenvalue weighted by Crippen LogP contribution is -2.11. The number of carboxylic acid groups (broad SMARTS) is 1. The lowest BCUT2D eigenvalue weighted by Gasteiger charge is -2.20. The van der Waals surface area contributed by atoms with E-state index >= 15 is 0 Å². The molecule has 2 aromatic rings. The number of rotatable bonds is 2. The van der Waals surface area contributed by atoms with E-state index in [1.807, 2.05) is 19.1 Å². The van der Waals surface area contributed by atoms with Gasteiger partial charge in [0.2, 0.25) is 0 Å². The van der Waals surface area contributed by atoms with E-state index in [-0.39, 0.29) is 11.1 Å². The Morgan fingerprint density at radius 1 is 1.26 bits per heavy atom. The molecule has 100 valence electrons. The fraction of sp³-hybridized carbons (Fsp3) is 0.333. The van der Waals surface area contributed by atoms with Crippen molar-refractivity contribution in [2.45, 2.75) is 33.1 Å². The molecular formula is C15H17NO3. The minimum atomic E-state index is -1.08. The normalized spacial score (nSPS) is 11.6. The van der Waals surface area contributed by atoms with Crippen molar-refractivity contribution in [1.82, 2.24) is 5.16 Å². The minimum absolute atomic E-state index is 0.0259. The lowest BCUT2D eigenvalue weighted by molar-refractivity contribution is 0.0686. The molecule has 0 radical (unpaired) electrons. The van der Waals surface area contributed by atoms with Crippen molar-refractivity contribution in [2.24, 2.45) is 0 Å². The van der Waals surface area contributed by atoms with Gasteiger partial charge in [0.1, 0.15) is 0 Å². The van der Waals surface area contributed by atoms with Gasteiger partial charge >= 0.3 is 5.97 Å². The van der Waals surface area contributed by atoms with Crippen molar-refractivity contribution in [2.75, 3.05) is 0 Å². The van der Waals surface area contributed by atoms with E-state index in [2.05, 4.69) is 32.0 Å². The van der Waals surface area contributed by atoms with Crippen molar-refractivity contribution in [1.29, 1.82) is 0 Å². The molecule has 1 aromatic carbocycles. The second-order valence-corrected chi connectivity index (χ2v) is 5.66. The van der Waals surface area contributed by atoms with Crippen LogP contribution in [0.2, 0.25) is 0 Å². The summed E-state index contributed by atoms with van der Waals surface area (Å²) in [5.74, 6) is -0.597. The largest absolute Gasteiger partial charge is 0.476 e. The summed E-state index contributed by atoms with van der Waals surface area (Å²) >= 11 is 0. The molecule has 1 N–H and O–H groups in total. The Morgan fingerprint density at radius 2 is 1.95 bits per heavy atom. The Kier molecular flexibility index (Phi) is 3.18. The number of aromatic carboxylic acids is 1. The average Bonchev–Trinajstić information content (AvgIpc) is 2.77. The summed E-state index contributed by atoms with van der Waals surface area (Å²) in [6.07, 6.45) is 0. The predicted octanol–water partition coefficient (Wildman–Crippen LogP) is 3.65. The molecule has 0 saturated heterocycles. The summed E-state index contributed by atoms with van der Waals surface area (Å²) in [7, 11) is 0. The van der Waals surface area contributed by atoms with Crippen LogP contribution < -0.4 is 0 Å². The van der Waals surface area contributed by atoms with Crippen LogP contribution in [0.3, 0.4) is 0 Å². The summed E-state index contributed by atoms with van der Waals surface area (Å²) in [5, 5.41) is 12.4. The van der Waals surface area contributed by atoms with Crippen molar-refractivity contribution in [3.63, 3.8) is 0 Å². The smallest absolute Gasteiger partial charge is 0.358 e. The van der Waals surface area contributed by atoms with E-state index in [0.717, 1.165) is 11.1 Å². The first kappa shape index (κ1) is 13.3. The molecular weight excluding hydrogens is 242 g/mol. The van der Waals surface area contributed by atoms with Crippen molar-refractivity contribution >= 4 is 5.97 Å². The average molecular weight is 259 g/mol. The maximum Gasteiger partial charge on any atom is 0.358 e. The highest BCUT2D eigenvalue weighted by Gasteiger charge is 2.18. The highest BCUT2D eigenvalue weighted by Crippen LogP contribution is 2.30. The molecule has 4 heteroatoms. The first-order chi connectivity index (χ1) is 8.79. The Bertz CT molecular complexity index is 621. The number of nitrogens with zero attached hydrogens (tertiary/aromatic N) is 1. The molecule has 0 atom stereocenters. The Labute approximate surface area is 112 Å². The second-order valence-electron chi connectivity index (χ2n) is 5.66.